The number of rotatable bonds is 4. The third-order valence-electron chi connectivity index (χ3n) is 3.30. The molecule has 0 saturated carbocycles. The van der Waals surface area contributed by atoms with Crippen molar-refractivity contribution in [3.63, 3.8) is 0 Å². The summed E-state index contributed by atoms with van der Waals surface area (Å²) in [5.41, 5.74) is 0. The summed E-state index contributed by atoms with van der Waals surface area (Å²) in [5.74, 6) is 1.72. The van der Waals surface area contributed by atoms with Crippen LogP contribution in [-0.2, 0) is 0 Å². The molecule has 1 fully saturated rings. The van der Waals surface area contributed by atoms with Crippen molar-refractivity contribution in [2.24, 2.45) is 11.8 Å². The minimum atomic E-state index is 0.713. The van der Waals surface area contributed by atoms with Gasteiger partial charge < -0.3 is 4.90 Å². The van der Waals surface area contributed by atoms with E-state index in [0.29, 0.717) is 4.83 Å². The van der Waals surface area contributed by atoms with Crippen LogP contribution in [-0.4, -0.2) is 29.4 Å². The Labute approximate surface area is 97.4 Å². The lowest BCUT2D eigenvalue weighted by molar-refractivity contribution is 0.175. The molecule has 0 aromatic carbocycles. The van der Waals surface area contributed by atoms with E-state index in [9.17, 15) is 0 Å². The molecule has 1 saturated heterocycles. The van der Waals surface area contributed by atoms with Crippen molar-refractivity contribution >= 4 is 15.9 Å². The van der Waals surface area contributed by atoms with Crippen molar-refractivity contribution in [1.29, 1.82) is 0 Å². The maximum absolute atomic E-state index is 3.78. The number of nitrogens with zero attached hydrogens (tertiary/aromatic N) is 1. The Kier molecular flexibility index (Phi) is 5.47. The molecule has 0 N–H and O–H groups in total. The molecule has 0 radical (unpaired) electrons. The van der Waals surface area contributed by atoms with Gasteiger partial charge in [-0.2, -0.15) is 0 Å². The Balaban J connectivity index is 2.25. The van der Waals surface area contributed by atoms with Crippen LogP contribution in [0.5, 0.6) is 0 Å². The Morgan fingerprint density at radius 2 is 2.21 bits per heavy atom. The molecule has 84 valence electrons. The van der Waals surface area contributed by atoms with Crippen LogP contribution in [0.25, 0.3) is 0 Å². The lowest BCUT2D eigenvalue weighted by Gasteiger charge is -2.35. The normalized spacial score (nSPS) is 31.7. The second-order valence-corrected chi connectivity index (χ2v) is 6.11. The van der Waals surface area contributed by atoms with E-state index in [0.717, 1.165) is 11.8 Å². The van der Waals surface area contributed by atoms with Crippen LogP contribution in [0.3, 0.4) is 0 Å². The Bertz CT molecular complexity index is 160. The van der Waals surface area contributed by atoms with E-state index in [-0.39, 0.29) is 0 Å². The van der Waals surface area contributed by atoms with Crippen LogP contribution in [0, 0.1) is 11.8 Å². The predicted octanol–water partition coefficient (Wildman–Crippen LogP) is 3.53. The first-order chi connectivity index (χ1) is 6.63. The molecule has 3 unspecified atom stereocenters. The Morgan fingerprint density at radius 3 is 2.79 bits per heavy atom. The maximum atomic E-state index is 3.78. The average Bonchev–Trinajstić information content (AvgIpc) is 2.12. The maximum Gasteiger partial charge on any atom is 0.0299 e. The smallest absolute Gasteiger partial charge is 0.0299 e. The van der Waals surface area contributed by atoms with Crippen molar-refractivity contribution in [2.45, 2.75) is 44.9 Å². The van der Waals surface area contributed by atoms with Crippen molar-refractivity contribution in [2.75, 3.05) is 19.6 Å². The molecule has 0 bridgehead atoms. The summed E-state index contributed by atoms with van der Waals surface area (Å²) in [4.78, 5) is 3.34. The molecular weight excluding hydrogens is 238 g/mol. The largest absolute Gasteiger partial charge is 0.302 e. The minimum Gasteiger partial charge on any atom is -0.302 e. The van der Waals surface area contributed by atoms with Crippen molar-refractivity contribution in [3.8, 4) is 0 Å². The standard InChI is InChI=1S/C12H24BrN/c1-4-5-10(2)8-14-7-6-11(3)12(13)9-14/h10-12H,4-9H2,1-3H3. The fourth-order valence-corrected chi connectivity index (χ4v) is 2.95. The van der Waals surface area contributed by atoms with Gasteiger partial charge in [-0.25, -0.2) is 0 Å². The van der Waals surface area contributed by atoms with E-state index in [1.54, 1.807) is 0 Å². The molecule has 1 aliphatic rings. The number of hydrogen-bond donors (Lipinski definition) is 0. The number of halogens is 1. The first-order valence-electron chi connectivity index (χ1n) is 6.00. The van der Waals surface area contributed by atoms with Gasteiger partial charge in [0.1, 0.15) is 0 Å². The topological polar surface area (TPSA) is 3.24 Å². The van der Waals surface area contributed by atoms with Gasteiger partial charge in [0.05, 0.1) is 0 Å². The second-order valence-electron chi connectivity index (χ2n) is 4.94. The fourth-order valence-electron chi connectivity index (χ4n) is 2.28. The molecule has 1 heterocycles. The highest BCUT2D eigenvalue weighted by Crippen LogP contribution is 2.24. The first-order valence-corrected chi connectivity index (χ1v) is 6.91. The molecule has 1 aliphatic heterocycles. The quantitative estimate of drug-likeness (QED) is 0.700. The Hall–Kier alpha value is 0.440. The predicted molar refractivity (Wildman–Crippen MR) is 67.0 cm³/mol. The molecule has 0 amide bonds. The van der Waals surface area contributed by atoms with Crippen LogP contribution in [0.15, 0.2) is 0 Å². The fraction of sp³-hybridized carbons (Fsp3) is 1.00. The van der Waals surface area contributed by atoms with E-state index in [4.69, 9.17) is 0 Å². The molecule has 3 atom stereocenters. The average molecular weight is 262 g/mol. The van der Waals surface area contributed by atoms with Gasteiger partial charge in [-0.3, -0.25) is 0 Å². The number of likely N-dealkylation sites (tertiary alicyclic amines) is 1. The minimum absolute atomic E-state index is 0.713. The zero-order valence-electron chi connectivity index (χ0n) is 9.80. The van der Waals surface area contributed by atoms with Crippen molar-refractivity contribution in [3.05, 3.63) is 0 Å². The molecule has 2 heteroatoms. The highest BCUT2D eigenvalue weighted by molar-refractivity contribution is 9.09. The number of alkyl halides is 1. The molecule has 0 aliphatic carbocycles. The van der Waals surface area contributed by atoms with Crippen LogP contribution in [0.1, 0.15) is 40.0 Å². The van der Waals surface area contributed by atoms with E-state index in [1.165, 1.54) is 38.9 Å². The molecule has 0 aromatic rings. The molecular formula is C12H24BrN. The summed E-state index contributed by atoms with van der Waals surface area (Å²) in [7, 11) is 0. The summed E-state index contributed by atoms with van der Waals surface area (Å²) in [6, 6.07) is 0. The number of piperidine rings is 1. The Morgan fingerprint density at radius 1 is 1.50 bits per heavy atom. The van der Waals surface area contributed by atoms with Crippen LogP contribution in [0.2, 0.25) is 0 Å². The molecule has 0 aromatic heterocycles. The van der Waals surface area contributed by atoms with Gasteiger partial charge in [-0.1, -0.05) is 43.1 Å². The van der Waals surface area contributed by atoms with Crippen molar-refractivity contribution in [1.82, 2.24) is 4.90 Å². The summed E-state index contributed by atoms with van der Waals surface area (Å²) in [6.45, 7) is 10.9. The summed E-state index contributed by atoms with van der Waals surface area (Å²) >= 11 is 3.78. The highest BCUT2D eigenvalue weighted by atomic mass is 79.9. The van der Waals surface area contributed by atoms with Gasteiger partial charge in [-0.05, 0) is 31.2 Å². The SMILES string of the molecule is CCCC(C)CN1CCC(C)C(Br)C1. The third kappa shape index (κ3) is 3.90. The zero-order chi connectivity index (χ0) is 10.6. The lowest BCUT2D eigenvalue weighted by Crippen LogP contribution is -2.42. The van der Waals surface area contributed by atoms with Gasteiger partial charge in [-0.15, -0.1) is 0 Å². The first kappa shape index (κ1) is 12.5. The zero-order valence-corrected chi connectivity index (χ0v) is 11.4. The van der Waals surface area contributed by atoms with Gasteiger partial charge in [0.15, 0.2) is 0 Å². The molecule has 0 spiro atoms. The van der Waals surface area contributed by atoms with Gasteiger partial charge >= 0.3 is 0 Å². The van der Waals surface area contributed by atoms with Gasteiger partial charge in [0, 0.05) is 17.9 Å². The van der Waals surface area contributed by atoms with Gasteiger partial charge in [0.25, 0.3) is 0 Å². The molecule has 1 rings (SSSR count). The summed E-state index contributed by atoms with van der Waals surface area (Å²) in [5, 5.41) is 0. The van der Waals surface area contributed by atoms with Crippen LogP contribution >= 0.6 is 15.9 Å². The monoisotopic (exact) mass is 261 g/mol. The number of hydrogen-bond acceptors (Lipinski definition) is 1. The third-order valence-corrected chi connectivity index (χ3v) is 4.49. The van der Waals surface area contributed by atoms with Crippen LogP contribution < -0.4 is 0 Å². The van der Waals surface area contributed by atoms with Gasteiger partial charge in [0.2, 0.25) is 0 Å². The van der Waals surface area contributed by atoms with Crippen LogP contribution in [0.4, 0.5) is 0 Å². The van der Waals surface area contributed by atoms with E-state index >= 15 is 0 Å². The second kappa shape index (κ2) is 6.12. The van der Waals surface area contributed by atoms with E-state index < -0.39 is 0 Å². The molecule has 1 nitrogen and oxygen atoms in total. The lowest BCUT2D eigenvalue weighted by atomic mass is 9.97. The summed E-state index contributed by atoms with van der Waals surface area (Å²) in [6.07, 6.45) is 4.05. The molecule has 14 heavy (non-hydrogen) atoms. The highest BCUT2D eigenvalue weighted by Gasteiger charge is 2.24. The van der Waals surface area contributed by atoms with Crippen molar-refractivity contribution < 1.29 is 0 Å². The van der Waals surface area contributed by atoms with E-state index in [1.807, 2.05) is 0 Å². The van der Waals surface area contributed by atoms with E-state index in [2.05, 4.69) is 41.6 Å². The summed E-state index contributed by atoms with van der Waals surface area (Å²) < 4.78 is 0.